The zero-order valence-corrected chi connectivity index (χ0v) is 12.9. The predicted molar refractivity (Wildman–Crippen MR) is 80.4 cm³/mol. The quantitative estimate of drug-likeness (QED) is 0.862. The molecular weight excluding hydrogens is 286 g/mol. The third kappa shape index (κ3) is 2.47. The van der Waals surface area contributed by atoms with E-state index in [2.05, 4.69) is 10.2 Å². The zero-order chi connectivity index (χ0) is 14.2. The van der Waals surface area contributed by atoms with Gasteiger partial charge in [0.1, 0.15) is 11.1 Å². The van der Waals surface area contributed by atoms with Crippen LogP contribution in [0.4, 0.5) is 0 Å². The summed E-state index contributed by atoms with van der Waals surface area (Å²) in [6.07, 6.45) is 8.16. The largest absolute Gasteiger partial charge is 0.370 e. The van der Waals surface area contributed by atoms with Crippen LogP contribution in [0.25, 0.3) is 4.96 Å². The number of nitrogens with zero attached hydrogens (tertiary/aromatic N) is 4. The molecule has 0 amide bonds. The third-order valence-corrected chi connectivity index (χ3v) is 5.67. The molecule has 1 saturated carbocycles. The number of nitrogens with two attached hydrogens (primary N) is 1. The van der Waals surface area contributed by atoms with Crippen LogP contribution in [0.15, 0.2) is 0 Å². The second-order valence-electron chi connectivity index (χ2n) is 6.10. The van der Waals surface area contributed by atoms with Gasteiger partial charge in [-0.2, -0.15) is 9.61 Å². The van der Waals surface area contributed by atoms with Gasteiger partial charge in [0.05, 0.1) is 0 Å². The molecule has 7 heteroatoms. The number of aromatic nitrogens is 4. The lowest BCUT2D eigenvalue weighted by atomic mass is 9.96. The Bertz CT molecular complexity index is 618. The Hall–Kier alpha value is -1.05. The molecular formula is C14H21N5OS. The smallest absolute Gasteiger partial charge is 0.234 e. The fourth-order valence-corrected chi connectivity index (χ4v) is 4.48. The predicted octanol–water partition coefficient (Wildman–Crippen LogP) is 2.41. The van der Waals surface area contributed by atoms with Gasteiger partial charge < -0.3 is 10.5 Å². The number of ether oxygens (including phenoxy) is 1. The minimum absolute atomic E-state index is 0.0535. The lowest BCUT2D eigenvalue weighted by molar-refractivity contribution is 0.103. The fraction of sp³-hybridized carbons (Fsp3) is 0.786. The van der Waals surface area contributed by atoms with Crippen LogP contribution in [-0.2, 0) is 4.74 Å². The molecule has 21 heavy (non-hydrogen) atoms. The molecule has 114 valence electrons. The Morgan fingerprint density at radius 3 is 2.86 bits per heavy atom. The summed E-state index contributed by atoms with van der Waals surface area (Å²) in [5.41, 5.74) is 6.36. The summed E-state index contributed by atoms with van der Waals surface area (Å²) in [6.45, 7) is 0.810. The fourth-order valence-electron chi connectivity index (χ4n) is 3.42. The first-order chi connectivity index (χ1) is 10.3. The van der Waals surface area contributed by atoms with E-state index in [0.29, 0.717) is 5.92 Å². The highest BCUT2D eigenvalue weighted by Crippen LogP contribution is 2.35. The highest BCUT2D eigenvalue weighted by atomic mass is 32.1. The SMILES string of the molecule is NC1CCCCCC1c1nn2c(C3CCCO3)nnc2s1. The summed E-state index contributed by atoms with van der Waals surface area (Å²) in [6, 6.07) is 0.225. The van der Waals surface area contributed by atoms with E-state index in [1.54, 1.807) is 11.3 Å². The molecule has 0 bridgehead atoms. The van der Waals surface area contributed by atoms with E-state index in [4.69, 9.17) is 15.6 Å². The van der Waals surface area contributed by atoms with Crippen molar-refractivity contribution >= 4 is 16.3 Å². The Morgan fingerprint density at radius 1 is 1.10 bits per heavy atom. The summed E-state index contributed by atoms with van der Waals surface area (Å²) in [4.78, 5) is 0.868. The van der Waals surface area contributed by atoms with Gasteiger partial charge in [-0.05, 0) is 25.7 Å². The van der Waals surface area contributed by atoms with Gasteiger partial charge in [-0.1, -0.05) is 30.6 Å². The van der Waals surface area contributed by atoms with Gasteiger partial charge in [-0.25, -0.2) is 0 Å². The minimum atomic E-state index is 0.0535. The van der Waals surface area contributed by atoms with Crippen LogP contribution in [0.3, 0.4) is 0 Å². The van der Waals surface area contributed by atoms with Crippen molar-refractivity contribution in [2.75, 3.05) is 6.61 Å². The average Bonchev–Trinajstić information content (AvgIpc) is 3.15. The van der Waals surface area contributed by atoms with Crippen LogP contribution in [0, 0.1) is 0 Å². The van der Waals surface area contributed by atoms with Crippen molar-refractivity contribution in [1.29, 1.82) is 0 Å². The van der Waals surface area contributed by atoms with Crippen LogP contribution >= 0.6 is 11.3 Å². The van der Waals surface area contributed by atoms with Crippen LogP contribution in [-0.4, -0.2) is 32.5 Å². The normalized spacial score (nSPS) is 30.8. The molecule has 2 N–H and O–H groups in total. The molecule has 3 heterocycles. The molecule has 3 unspecified atom stereocenters. The molecule has 1 aliphatic carbocycles. The first kappa shape index (κ1) is 13.6. The Kier molecular flexibility index (Phi) is 3.64. The van der Waals surface area contributed by atoms with Crippen molar-refractivity contribution in [3.63, 3.8) is 0 Å². The first-order valence-electron chi connectivity index (χ1n) is 7.92. The molecule has 1 saturated heterocycles. The van der Waals surface area contributed by atoms with E-state index < -0.39 is 0 Å². The van der Waals surface area contributed by atoms with Crippen molar-refractivity contribution in [2.45, 2.75) is 63.0 Å². The van der Waals surface area contributed by atoms with E-state index in [1.807, 2.05) is 4.52 Å². The molecule has 0 spiro atoms. The molecule has 6 nitrogen and oxygen atoms in total. The highest BCUT2D eigenvalue weighted by molar-refractivity contribution is 7.16. The van der Waals surface area contributed by atoms with E-state index in [0.717, 1.165) is 48.1 Å². The molecule has 2 aromatic heterocycles. The molecule has 1 aliphatic heterocycles. The van der Waals surface area contributed by atoms with Gasteiger partial charge in [0.15, 0.2) is 5.82 Å². The number of fused-ring (bicyclic) bond motifs is 1. The molecule has 0 radical (unpaired) electrons. The summed E-state index contributed by atoms with van der Waals surface area (Å²) in [7, 11) is 0. The first-order valence-corrected chi connectivity index (χ1v) is 8.74. The van der Waals surface area contributed by atoms with Crippen molar-refractivity contribution in [2.24, 2.45) is 5.73 Å². The van der Waals surface area contributed by atoms with E-state index in [-0.39, 0.29) is 12.1 Å². The Balaban J connectivity index is 1.66. The van der Waals surface area contributed by atoms with E-state index in [1.165, 1.54) is 19.3 Å². The molecule has 0 aromatic carbocycles. The standard InChI is InChI=1S/C14H21N5OS/c15-10-6-3-1-2-5-9(10)13-18-19-12(11-7-4-8-20-11)16-17-14(19)21-13/h9-11H,1-8,15H2. The molecule has 3 atom stereocenters. The molecule has 2 aromatic rings. The second kappa shape index (κ2) is 5.62. The van der Waals surface area contributed by atoms with Crippen LogP contribution in [0.1, 0.15) is 67.8 Å². The second-order valence-corrected chi connectivity index (χ2v) is 7.09. The van der Waals surface area contributed by atoms with E-state index >= 15 is 0 Å². The maximum absolute atomic E-state index is 6.36. The number of hydrogen-bond donors (Lipinski definition) is 1. The van der Waals surface area contributed by atoms with E-state index in [9.17, 15) is 0 Å². The van der Waals surface area contributed by atoms with Crippen molar-refractivity contribution < 1.29 is 4.74 Å². The third-order valence-electron chi connectivity index (χ3n) is 4.63. The lowest BCUT2D eigenvalue weighted by Gasteiger charge is -2.18. The van der Waals surface area contributed by atoms with Crippen LogP contribution < -0.4 is 5.73 Å². The summed E-state index contributed by atoms with van der Waals surface area (Å²) in [5, 5.41) is 14.4. The maximum Gasteiger partial charge on any atom is 0.234 e. The number of hydrogen-bond acceptors (Lipinski definition) is 6. The lowest BCUT2D eigenvalue weighted by Crippen LogP contribution is -2.27. The van der Waals surface area contributed by atoms with Gasteiger partial charge in [0.2, 0.25) is 4.96 Å². The summed E-state index contributed by atoms with van der Waals surface area (Å²) < 4.78 is 7.60. The van der Waals surface area contributed by atoms with Crippen LogP contribution in [0.2, 0.25) is 0 Å². The van der Waals surface area contributed by atoms with Crippen molar-refractivity contribution in [1.82, 2.24) is 19.8 Å². The van der Waals surface area contributed by atoms with Crippen molar-refractivity contribution in [3.8, 4) is 0 Å². The van der Waals surface area contributed by atoms with Gasteiger partial charge in [-0.3, -0.25) is 0 Å². The Morgan fingerprint density at radius 2 is 2.00 bits per heavy atom. The summed E-state index contributed by atoms with van der Waals surface area (Å²) in [5.74, 6) is 1.23. The van der Waals surface area contributed by atoms with Gasteiger partial charge in [0.25, 0.3) is 0 Å². The molecule has 2 fully saturated rings. The van der Waals surface area contributed by atoms with Crippen LogP contribution in [0.5, 0.6) is 0 Å². The van der Waals surface area contributed by atoms with Gasteiger partial charge in [0, 0.05) is 18.6 Å². The summed E-state index contributed by atoms with van der Waals surface area (Å²) >= 11 is 1.64. The molecule has 4 rings (SSSR count). The topological polar surface area (TPSA) is 78.3 Å². The Labute approximate surface area is 127 Å². The van der Waals surface area contributed by atoms with Crippen molar-refractivity contribution in [3.05, 3.63) is 10.8 Å². The zero-order valence-electron chi connectivity index (χ0n) is 12.1. The van der Waals surface area contributed by atoms with Gasteiger partial charge in [-0.15, -0.1) is 10.2 Å². The molecule has 2 aliphatic rings. The minimum Gasteiger partial charge on any atom is -0.370 e. The van der Waals surface area contributed by atoms with Gasteiger partial charge >= 0.3 is 0 Å². The monoisotopic (exact) mass is 307 g/mol. The highest BCUT2D eigenvalue weighted by Gasteiger charge is 2.29. The maximum atomic E-state index is 6.36. The average molecular weight is 307 g/mol. The number of rotatable bonds is 2.